The van der Waals surface area contributed by atoms with Crippen LogP contribution in [-0.2, 0) is 0 Å². The Balaban J connectivity index is 2.35. The van der Waals surface area contributed by atoms with Gasteiger partial charge >= 0.3 is 0 Å². The van der Waals surface area contributed by atoms with E-state index in [9.17, 15) is 0 Å². The van der Waals surface area contributed by atoms with Gasteiger partial charge in [0.2, 0.25) is 0 Å². The minimum atomic E-state index is 0.147. The molecule has 1 unspecified atom stereocenters. The molecule has 2 aromatic rings. The number of hydrogen-bond donors (Lipinski definition) is 1. The van der Waals surface area contributed by atoms with Crippen LogP contribution in [0.5, 0.6) is 0 Å². The zero-order chi connectivity index (χ0) is 10.7. The molecule has 0 fully saturated rings. The molecule has 78 valence electrons. The zero-order valence-corrected chi connectivity index (χ0v) is 8.54. The van der Waals surface area contributed by atoms with Crippen LogP contribution in [0.2, 0.25) is 0 Å². The fourth-order valence-electron chi connectivity index (χ4n) is 1.43. The van der Waals surface area contributed by atoms with Gasteiger partial charge in [0.05, 0.1) is 18.1 Å². The Morgan fingerprint density at radius 3 is 3.00 bits per heavy atom. The van der Waals surface area contributed by atoms with Crippen LogP contribution in [0.1, 0.15) is 18.4 Å². The summed E-state index contributed by atoms with van der Waals surface area (Å²) < 4.78 is 1.70. The number of rotatable bonds is 3. The average Bonchev–Trinajstić information content (AvgIpc) is 2.82. The van der Waals surface area contributed by atoms with Gasteiger partial charge in [0, 0.05) is 12.5 Å². The van der Waals surface area contributed by atoms with Gasteiger partial charge in [-0.3, -0.25) is 0 Å². The first-order valence-corrected chi connectivity index (χ1v) is 4.89. The predicted molar refractivity (Wildman–Crippen MR) is 56.9 cm³/mol. The second-order valence-electron chi connectivity index (χ2n) is 3.53. The molecule has 15 heavy (non-hydrogen) atoms. The van der Waals surface area contributed by atoms with E-state index in [-0.39, 0.29) is 12.5 Å². The van der Waals surface area contributed by atoms with Gasteiger partial charge in [-0.05, 0) is 17.7 Å². The van der Waals surface area contributed by atoms with Crippen molar-refractivity contribution in [2.24, 2.45) is 0 Å². The first kappa shape index (κ1) is 9.86. The van der Waals surface area contributed by atoms with Crippen molar-refractivity contribution in [3.63, 3.8) is 0 Å². The maximum atomic E-state index is 9.07. The van der Waals surface area contributed by atoms with E-state index >= 15 is 0 Å². The lowest BCUT2D eigenvalue weighted by Crippen LogP contribution is -2.01. The van der Waals surface area contributed by atoms with Crippen molar-refractivity contribution in [1.82, 2.24) is 15.0 Å². The number of aliphatic hydroxyl groups is 1. The lowest BCUT2D eigenvalue weighted by atomic mass is 10.0. The number of benzene rings is 1. The molecule has 2 rings (SSSR count). The molecule has 1 aromatic carbocycles. The standard InChI is InChI=1S/C11H13N3O/c1-9(8-15)10-3-2-4-11(7-10)14-6-5-12-13-14/h2-7,9,15H,8H2,1H3. The van der Waals surface area contributed by atoms with Gasteiger partial charge in [0.25, 0.3) is 0 Å². The third-order valence-electron chi connectivity index (χ3n) is 2.40. The van der Waals surface area contributed by atoms with Gasteiger partial charge in [0.15, 0.2) is 0 Å². The lowest BCUT2D eigenvalue weighted by Gasteiger charge is -2.09. The third-order valence-corrected chi connectivity index (χ3v) is 2.40. The summed E-state index contributed by atoms with van der Waals surface area (Å²) in [5, 5.41) is 16.7. The van der Waals surface area contributed by atoms with Crippen LogP contribution in [0, 0.1) is 0 Å². The molecule has 1 N–H and O–H groups in total. The molecule has 4 nitrogen and oxygen atoms in total. The SMILES string of the molecule is CC(CO)c1cccc(-n2ccnn2)c1. The highest BCUT2D eigenvalue weighted by molar-refractivity contribution is 5.36. The van der Waals surface area contributed by atoms with E-state index in [1.54, 1.807) is 17.1 Å². The van der Waals surface area contributed by atoms with Gasteiger partial charge < -0.3 is 5.11 Å². The highest BCUT2D eigenvalue weighted by Gasteiger charge is 2.05. The van der Waals surface area contributed by atoms with E-state index in [4.69, 9.17) is 5.11 Å². The van der Waals surface area contributed by atoms with Crippen molar-refractivity contribution in [2.45, 2.75) is 12.8 Å². The summed E-state index contributed by atoms with van der Waals surface area (Å²) in [6, 6.07) is 7.93. The fraction of sp³-hybridized carbons (Fsp3) is 0.273. The molecular formula is C11H13N3O. The molecule has 0 saturated carbocycles. The Kier molecular flexibility index (Phi) is 2.78. The van der Waals surface area contributed by atoms with Crippen molar-refractivity contribution in [3.8, 4) is 5.69 Å². The minimum absolute atomic E-state index is 0.147. The van der Waals surface area contributed by atoms with Crippen molar-refractivity contribution in [2.75, 3.05) is 6.61 Å². The molecule has 1 atom stereocenters. The fourth-order valence-corrected chi connectivity index (χ4v) is 1.43. The lowest BCUT2D eigenvalue weighted by molar-refractivity contribution is 0.273. The summed E-state index contributed by atoms with van der Waals surface area (Å²) in [6.45, 7) is 2.14. The monoisotopic (exact) mass is 203 g/mol. The topological polar surface area (TPSA) is 50.9 Å². The number of aliphatic hydroxyl groups excluding tert-OH is 1. The third kappa shape index (κ3) is 2.05. The van der Waals surface area contributed by atoms with E-state index in [0.29, 0.717) is 0 Å². The number of hydrogen-bond acceptors (Lipinski definition) is 3. The van der Waals surface area contributed by atoms with Crippen LogP contribution in [-0.4, -0.2) is 26.7 Å². The largest absolute Gasteiger partial charge is 0.396 e. The Bertz CT molecular complexity index is 425. The van der Waals surface area contributed by atoms with Crippen LogP contribution in [0.3, 0.4) is 0 Å². The van der Waals surface area contributed by atoms with Crippen LogP contribution < -0.4 is 0 Å². The summed E-state index contributed by atoms with van der Waals surface area (Å²) in [5.74, 6) is 0.147. The highest BCUT2D eigenvalue weighted by Crippen LogP contribution is 2.17. The average molecular weight is 203 g/mol. The summed E-state index contributed by atoms with van der Waals surface area (Å²) in [6.07, 6.45) is 3.44. The highest BCUT2D eigenvalue weighted by atomic mass is 16.3. The Hall–Kier alpha value is -1.68. The summed E-state index contributed by atoms with van der Waals surface area (Å²) >= 11 is 0. The van der Waals surface area contributed by atoms with Crippen molar-refractivity contribution < 1.29 is 5.11 Å². The second kappa shape index (κ2) is 4.23. The van der Waals surface area contributed by atoms with E-state index in [0.717, 1.165) is 11.3 Å². The van der Waals surface area contributed by atoms with Crippen LogP contribution in [0.25, 0.3) is 5.69 Å². The van der Waals surface area contributed by atoms with E-state index in [1.807, 2.05) is 31.2 Å². The Morgan fingerprint density at radius 2 is 2.33 bits per heavy atom. The maximum Gasteiger partial charge on any atom is 0.0697 e. The van der Waals surface area contributed by atoms with Gasteiger partial charge in [-0.15, -0.1) is 5.10 Å². The number of aromatic nitrogens is 3. The van der Waals surface area contributed by atoms with Crippen LogP contribution >= 0.6 is 0 Å². The smallest absolute Gasteiger partial charge is 0.0697 e. The van der Waals surface area contributed by atoms with Gasteiger partial charge in [-0.1, -0.05) is 24.3 Å². The molecule has 0 saturated heterocycles. The Labute approximate surface area is 88.2 Å². The molecule has 0 aliphatic rings. The van der Waals surface area contributed by atoms with Gasteiger partial charge in [-0.2, -0.15) is 0 Å². The molecule has 1 heterocycles. The van der Waals surface area contributed by atoms with Crippen LogP contribution in [0.4, 0.5) is 0 Å². The molecule has 0 spiro atoms. The van der Waals surface area contributed by atoms with Gasteiger partial charge in [-0.25, -0.2) is 4.68 Å². The molecule has 4 heteroatoms. The molecule has 0 aliphatic carbocycles. The maximum absolute atomic E-state index is 9.07. The van der Waals surface area contributed by atoms with E-state index < -0.39 is 0 Å². The van der Waals surface area contributed by atoms with Crippen molar-refractivity contribution in [3.05, 3.63) is 42.2 Å². The zero-order valence-electron chi connectivity index (χ0n) is 8.54. The van der Waals surface area contributed by atoms with Crippen molar-refractivity contribution >= 4 is 0 Å². The first-order valence-electron chi connectivity index (χ1n) is 4.89. The predicted octanol–water partition coefficient (Wildman–Crippen LogP) is 1.36. The Morgan fingerprint density at radius 1 is 1.47 bits per heavy atom. The summed E-state index contributed by atoms with van der Waals surface area (Å²) in [5.41, 5.74) is 2.07. The molecule has 1 aromatic heterocycles. The van der Waals surface area contributed by atoms with Crippen LogP contribution in [0.15, 0.2) is 36.7 Å². The molecule has 0 radical (unpaired) electrons. The quantitative estimate of drug-likeness (QED) is 0.819. The van der Waals surface area contributed by atoms with Gasteiger partial charge in [0.1, 0.15) is 0 Å². The molecule has 0 bridgehead atoms. The van der Waals surface area contributed by atoms with Crippen molar-refractivity contribution in [1.29, 1.82) is 0 Å². The molecular weight excluding hydrogens is 190 g/mol. The minimum Gasteiger partial charge on any atom is -0.396 e. The van der Waals surface area contributed by atoms with E-state index in [2.05, 4.69) is 10.3 Å². The summed E-state index contributed by atoms with van der Waals surface area (Å²) in [7, 11) is 0. The summed E-state index contributed by atoms with van der Waals surface area (Å²) in [4.78, 5) is 0. The first-order chi connectivity index (χ1) is 7.31. The normalized spacial score (nSPS) is 12.7. The van der Waals surface area contributed by atoms with E-state index in [1.165, 1.54) is 0 Å². The number of nitrogens with zero attached hydrogens (tertiary/aromatic N) is 3. The second-order valence-corrected chi connectivity index (χ2v) is 3.53. The molecule has 0 aliphatic heterocycles. The molecule has 0 amide bonds.